The van der Waals surface area contributed by atoms with Crippen LogP contribution in [0.3, 0.4) is 0 Å². The maximum atomic E-state index is 12.9. The van der Waals surface area contributed by atoms with E-state index in [2.05, 4.69) is 32.4 Å². The number of amides is 1. The van der Waals surface area contributed by atoms with Crippen LogP contribution in [0.4, 0.5) is 0 Å². The van der Waals surface area contributed by atoms with Crippen LogP contribution in [0.2, 0.25) is 0 Å². The van der Waals surface area contributed by atoms with Crippen molar-refractivity contribution in [3.05, 3.63) is 109 Å². The summed E-state index contributed by atoms with van der Waals surface area (Å²) in [4.78, 5) is 26.2. The number of nitrogens with zero attached hydrogens (tertiary/aromatic N) is 5. The first-order valence-electron chi connectivity index (χ1n) is 10.5. The lowest BCUT2D eigenvalue weighted by Gasteiger charge is -2.03. The van der Waals surface area contributed by atoms with E-state index < -0.39 is 0 Å². The molecule has 1 amide bonds. The first-order valence-corrected chi connectivity index (χ1v) is 10.5. The molecule has 0 aliphatic carbocycles. The average molecular weight is 422 g/mol. The number of imidazole rings is 2. The molecule has 0 saturated carbocycles. The fraction of sp³-hybridized carbons (Fsp3) is 0.120. The molecule has 0 bridgehead atoms. The van der Waals surface area contributed by atoms with Crippen LogP contribution in [0.1, 0.15) is 21.6 Å². The molecule has 0 spiro atoms. The molecule has 1 aromatic carbocycles. The van der Waals surface area contributed by atoms with Gasteiger partial charge in [-0.25, -0.2) is 9.97 Å². The molecule has 32 heavy (non-hydrogen) atoms. The third-order valence-electron chi connectivity index (χ3n) is 5.26. The number of fused-ring (bicyclic) bond motifs is 1. The summed E-state index contributed by atoms with van der Waals surface area (Å²) < 4.78 is 3.92. The fourth-order valence-corrected chi connectivity index (χ4v) is 3.69. The Morgan fingerprint density at radius 3 is 2.66 bits per heavy atom. The van der Waals surface area contributed by atoms with Gasteiger partial charge in [-0.1, -0.05) is 42.5 Å². The van der Waals surface area contributed by atoms with Gasteiger partial charge in [-0.2, -0.15) is 0 Å². The van der Waals surface area contributed by atoms with Gasteiger partial charge in [0.2, 0.25) is 0 Å². The van der Waals surface area contributed by atoms with Crippen molar-refractivity contribution in [1.29, 1.82) is 0 Å². The molecule has 4 aromatic heterocycles. The third-order valence-corrected chi connectivity index (χ3v) is 5.26. The highest BCUT2D eigenvalue weighted by molar-refractivity contribution is 5.99. The molecule has 0 aliphatic heterocycles. The quantitative estimate of drug-likeness (QED) is 0.435. The molecule has 1 N–H and O–H groups in total. The highest BCUT2D eigenvalue weighted by Gasteiger charge is 2.19. The van der Waals surface area contributed by atoms with E-state index in [1.54, 1.807) is 12.5 Å². The number of pyridine rings is 2. The number of benzene rings is 1. The maximum absolute atomic E-state index is 12.9. The van der Waals surface area contributed by atoms with E-state index in [1.165, 1.54) is 5.56 Å². The molecule has 0 aliphatic rings. The minimum atomic E-state index is -0.201. The van der Waals surface area contributed by atoms with Gasteiger partial charge in [0.1, 0.15) is 5.69 Å². The second-order valence-corrected chi connectivity index (χ2v) is 7.52. The van der Waals surface area contributed by atoms with Gasteiger partial charge in [0, 0.05) is 37.9 Å². The number of nitrogens with one attached hydrogen (secondary N) is 1. The van der Waals surface area contributed by atoms with Crippen LogP contribution >= 0.6 is 0 Å². The maximum Gasteiger partial charge on any atom is 0.272 e. The van der Waals surface area contributed by atoms with Crippen molar-refractivity contribution in [2.75, 3.05) is 6.54 Å². The zero-order valence-corrected chi connectivity index (χ0v) is 17.4. The molecule has 0 saturated heterocycles. The van der Waals surface area contributed by atoms with E-state index >= 15 is 0 Å². The highest BCUT2D eigenvalue weighted by atomic mass is 16.1. The number of carbonyl (C=O) groups is 1. The summed E-state index contributed by atoms with van der Waals surface area (Å²) in [5.74, 6) is 0.442. The Morgan fingerprint density at radius 1 is 0.969 bits per heavy atom. The minimum Gasteiger partial charge on any atom is -0.350 e. The van der Waals surface area contributed by atoms with Crippen molar-refractivity contribution in [3.63, 3.8) is 0 Å². The molecule has 0 fully saturated rings. The lowest BCUT2D eigenvalue weighted by Crippen LogP contribution is -2.26. The van der Waals surface area contributed by atoms with Gasteiger partial charge in [0.05, 0.1) is 11.8 Å². The van der Waals surface area contributed by atoms with Gasteiger partial charge >= 0.3 is 0 Å². The summed E-state index contributed by atoms with van der Waals surface area (Å²) in [6, 6.07) is 19.8. The summed E-state index contributed by atoms with van der Waals surface area (Å²) in [6.45, 7) is 1.23. The molecular weight excluding hydrogens is 400 g/mol. The summed E-state index contributed by atoms with van der Waals surface area (Å²) in [5, 5.41) is 2.97. The van der Waals surface area contributed by atoms with E-state index in [1.807, 2.05) is 76.1 Å². The largest absolute Gasteiger partial charge is 0.350 e. The monoisotopic (exact) mass is 422 g/mol. The smallest absolute Gasteiger partial charge is 0.272 e. The van der Waals surface area contributed by atoms with Crippen molar-refractivity contribution in [1.82, 2.24) is 29.2 Å². The van der Waals surface area contributed by atoms with E-state index in [9.17, 15) is 4.79 Å². The first-order chi connectivity index (χ1) is 15.8. The second-order valence-electron chi connectivity index (χ2n) is 7.52. The van der Waals surface area contributed by atoms with Crippen LogP contribution in [-0.2, 0) is 13.0 Å². The predicted octanol–water partition coefficient (Wildman–Crippen LogP) is 3.61. The Balaban J connectivity index is 1.37. The van der Waals surface area contributed by atoms with E-state index in [-0.39, 0.29) is 5.91 Å². The molecule has 4 heterocycles. The van der Waals surface area contributed by atoms with Gasteiger partial charge in [-0.15, -0.1) is 0 Å². The van der Waals surface area contributed by atoms with Gasteiger partial charge in [0.25, 0.3) is 5.91 Å². The molecule has 158 valence electrons. The fourth-order valence-electron chi connectivity index (χ4n) is 3.69. The molecule has 5 rings (SSSR count). The zero-order valence-electron chi connectivity index (χ0n) is 17.4. The Labute approximate surface area is 185 Å². The molecule has 7 nitrogen and oxygen atoms in total. The minimum absolute atomic E-state index is 0.201. The van der Waals surface area contributed by atoms with Crippen LogP contribution in [0.25, 0.3) is 17.0 Å². The van der Waals surface area contributed by atoms with Crippen LogP contribution in [0.15, 0.2) is 91.8 Å². The van der Waals surface area contributed by atoms with Crippen LogP contribution in [0.5, 0.6) is 0 Å². The normalized spacial score (nSPS) is 11.0. The van der Waals surface area contributed by atoms with Crippen molar-refractivity contribution in [2.45, 2.75) is 13.0 Å². The van der Waals surface area contributed by atoms with Crippen molar-refractivity contribution in [2.24, 2.45) is 0 Å². The number of carbonyl (C=O) groups excluding carboxylic acids is 1. The van der Waals surface area contributed by atoms with Gasteiger partial charge < -0.3 is 9.88 Å². The van der Waals surface area contributed by atoms with E-state index in [4.69, 9.17) is 0 Å². The van der Waals surface area contributed by atoms with E-state index in [0.29, 0.717) is 24.5 Å². The Hall–Kier alpha value is -4.26. The molecule has 0 radical (unpaired) electrons. The average Bonchev–Trinajstić information content (AvgIpc) is 3.45. The summed E-state index contributed by atoms with van der Waals surface area (Å²) in [7, 11) is 0. The topological polar surface area (TPSA) is 77.1 Å². The lowest BCUT2D eigenvalue weighted by atomic mass is 10.2. The highest BCUT2D eigenvalue weighted by Crippen LogP contribution is 2.22. The summed E-state index contributed by atoms with van der Waals surface area (Å²) in [6.07, 6.45) is 9.91. The van der Waals surface area contributed by atoms with Crippen molar-refractivity contribution < 1.29 is 4.79 Å². The third kappa shape index (κ3) is 4.13. The Morgan fingerprint density at radius 2 is 1.81 bits per heavy atom. The molecule has 7 heteroatoms. The number of hydrogen-bond donors (Lipinski definition) is 1. The Bertz CT molecular complexity index is 1340. The van der Waals surface area contributed by atoms with Crippen LogP contribution in [0, 0.1) is 0 Å². The summed E-state index contributed by atoms with van der Waals surface area (Å²) in [5.41, 5.74) is 4.13. The van der Waals surface area contributed by atoms with Gasteiger partial charge in [-0.3, -0.25) is 14.2 Å². The molecule has 5 aromatic rings. The summed E-state index contributed by atoms with van der Waals surface area (Å²) >= 11 is 0. The SMILES string of the molecule is O=C(NCCc1cccnc1)c1nc(-c2cn(Cc3ccccc3)cn2)n2ccccc12. The van der Waals surface area contributed by atoms with Crippen LogP contribution < -0.4 is 5.32 Å². The predicted molar refractivity (Wildman–Crippen MR) is 122 cm³/mol. The number of aromatic nitrogens is 5. The number of hydrogen-bond acceptors (Lipinski definition) is 4. The van der Waals surface area contributed by atoms with Crippen LogP contribution in [-0.4, -0.2) is 36.4 Å². The molecular formula is C25H22N6O. The molecule has 0 atom stereocenters. The zero-order chi connectivity index (χ0) is 21.8. The van der Waals surface area contributed by atoms with Gasteiger partial charge in [0.15, 0.2) is 11.5 Å². The molecule has 0 unspecified atom stereocenters. The van der Waals surface area contributed by atoms with Crippen molar-refractivity contribution in [3.8, 4) is 11.5 Å². The Kier molecular flexibility index (Phi) is 5.45. The standard InChI is InChI=1S/C25H22N6O/c32-25(27-13-11-19-9-6-12-26-15-19)23-22-10-4-5-14-31(22)24(29-23)21-17-30(18-28-21)16-20-7-2-1-3-8-20/h1-10,12,14-15,17-18H,11,13,16H2,(H,27,32). The van der Waals surface area contributed by atoms with Crippen molar-refractivity contribution >= 4 is 11.4 Å². The number of rotatable bonds is 7. The second kappa shape index (κ2) is 8.85. The van der Waals surface area contributed by atoms with E-state index in [0.717, 1.165) is 23.3 Å². The first kappa shape index (κ1) is 19.7. The van der Waals surface area contributed by atoms with Gasteiger partial charge in [-0.05, 0) is 35.7 Å². The lowest BCUT2D eigenvalue weighted by molar-refractivity contribution is 0.0951.